The number of pyridine rings is 1. The number of nitrogens with zero attached hydrogens (tertiary/aromatic N) is 5. The molecule has 6 rings (SSSR count). The molecule has 3 aromatic rings. The van der Waals surface area contributed by atoms with Crippen molar-refractivity contribution >= 4 is 23.0 Å². The van der Waals surface area contributed by atoms with Gasteiger partial charge in [-0.15, -0.1) is 0 Å². The number of hydrogen-bond donors (Lipinski definition) is 1. The fourth-order valence-corrected chi connectivity index (χ4v) is 4.88. The molecular weight excluding hydrogens is 398 g/mol. The van der Waals surface area contributed by atoms with Crippen LogP contribution in [-0.2, 0) is 6.42 Å². The minimum atomic E-state index is -0.628. The molecule has 0 bridgehead atoms. The summed E-state index contributed by atoms with van der Waals surface area (Å²) in [4.78, 5) is 14.0. The van der Waals surface area contributed by atoms with Crippen LogP contribution in [0.2, 0.25) is 0 Å². The third-order valence-electron chi connectivity index (χ3n) is 6.40. The van der Waals surface area contributed by atoms with Crippen LogP contribution in [-0.4, -0.2) is 40.7 Å². The number of nitrogens with one attached hydrogen (secondary N) is 1. The summed E-state index contributed by atoms with van der Waals surface area (Å²) in [7, 11) is 0. The number of anilines is 2. The molecule has 0 amide bonds. The molecule has 1 saturated heterocycles. The zero-order valence-corrected chi connectivity index (χ0v) is 17.3. The number of rotatable bonds is 2. The van der Waals surface area contributed by atoms with E-state index in [1.54, 1.807) is 0 Å². The van der Waals surface area contributed by atoms with Crippen molar-refractivity contribution in [1.29, 1.82) is 0 Å². The molecule has 2 aromatic heterocycles. The summed E-state index contributed by atoms with van der Waals surface area (Å²) in [5.74, 6) is -0.0405. The molecule has 0 aliphatic carbocycles. The van der Waals surface area contributed by atoms with Gasteiger partial charge in [0.15, 0.2) is 0 Å². The molecule has 3 aliphatic heterocycles. The van der Waals surface area contributed by atoms with E-state index in [-0.39, 0.29) is 11.4 Å². The Balaban J connectivity index is 1.59. The van der Waals surface area contributed by atoms with Gasteiger partial charge in [-0.3, -0.25) is 5.10 Å². The van der Waals surface area contributed by atoms with Gasteiger partial charge in [0.05, 0.1) is 22.6 Å². The van der Waals surface area contributed by atoms with Crippen molar-refractivity contribution in [1.82, 2.24) is 15.2 Å². The van der Waals surface area contributed by atoms with Crippen LogP contribution in [0.3, 0.4) is 0 Å². The molecule has 6 nitrogen and oxygen atoms in total. The summed E-state index contributed by atoms with van der Waals surface area (Å²) in [6, 6.07) is 5.97. The summed E-state index contributed by atoms with van der Waals surface area (Å²) in [5.41, 5.74) is 4.66. The normalized spacial score (nSPS) is 17.3. The molecule has 1 aromatic carbocycles. The third kappa shape index (κ3) is 2.77. The first-order valence-electron chi connectivity index (χ1n) is 10.8. The summed E-state index contributed by atoms with van der Waals surface area (Å²) in [6.45, 7) is 4.42. The molecule has 0 unspecified atom stereocenters. The van der Waals surface area contributed by atoms with Gasteiger partial charge in [-0.05, 0) is 44.4 Å². The van der Waals surface area contributed by atoms with Crippen molar-refractivity contribution in [3.8, 4) is 11.3 Å². The van der Waals surface area contributed by atoms with Gasteiger partial charge in [-0.2, -0.15) is 5.10 Å². The highest BCUT2D eigenvalue weighted by atomic mass is 19.1. The maximum atomic E-state index is 14.8. The zero-order valence-electron chi connectivity index (χ0n) is 17.3. The number of fused-ring (bicyclic) bond motifs is 2. The molecule has 158 valence electrons. The second-order valence-corrected chi connectivity index (χ2v) is 8.35. The van der Waals surface area contributed by atoms with E-state index < -0.39 is 11.6 Å². The molecule has 3 aliphatic rings. The first-order chi connectivity index (χ1) is 15.1. The predicted molar refractivity (Wildman–Crippen MR) is 116 cm³/mol. The molecule has 0 atom stereocenters. The first kappa shape index (κ1) is 18.5. The van der Waals surface area contributed by atoms with Crippen LogP contribution in [0.4, 0.5) is 26.0 Å². The summed E-state index contributed by atoms with van der Waals surface area (Å²) in [5, 5.41) is 7.53. The van der Waals surface area contributed by atoms with E-state index in [0.717, 1.165) is 54.4 Å². The lowest BCUT2D eigenvalue weighted by Crippen LogP contribution is -2.32. The Morgan fingerprint density at radius 1 is 1.03 bits per heavy atom. The molecule has 31 heavy (non-hydrogen) atoms. The Kier molecular flexibility index (Phi) is 4.09. The minimum Gasteiger partial charge on any atom is -0.357 e. The van der Waals surface area contributed by atoms with Gasteiger partial charge in [-0.1, -0.05) is 6.07 Å². The highest BCUT2D eigenvalue weighted by Gasteiger charge is 2.36. The lowest BCUT2D eigenvalue weighted by atomic mass is 10.1. The summed E-state index contributed by atoms with van der Waals surface area (Å²) >= 11 is 0. The standard InChI is InChI=1S/C23H22F2N6/c1-13-20-21(29-28-13)14-12-18(30-9-3-2-4-10-30)26-17-8-11-31(22(14)17)23(27-20)19-15(24)6-5-7-16(19)25/h5-7,12H,2-4,8-11H2,1H3,(H,28,29). The van der Waals surface area contributed by atoms with Gasteiger partial charge in [-0.25, -0.2) is 18.8 Å². The van der Waals surface area contributed by atoms with Crippen LogP contribution in [0, 0.1) is 18.6 Å². The fourth-order valence-electron chi connectivity index (χ4n) is 4.88. The third-order valence-corrected chi connectivity index (χ3v) is 6.40. The van der Waals surface area contributed by atoms with E-state index >= 15 is 0 Å². The van der Waals surface area contributed by atoms with Crippen molar-refractivity contribution in [2.24, 2.45) is 4.99 Å². The Labute approximate surface area is 178 Å². The number of H-pyrrole nitrogens is 1. The van der Waals surface area contributed by atoms with Crippen molar-refractivity contribution in [2.45, 2.75) is 32.6 Å². The van der Waals surface area contributed by atoms with Gasteiger partial charge in [0.25, 0.3) is 0 Å². The lowest BCUT2D eigenvalue weighted by molar-refractivity contribution is 0.573. The number of aromatic amines is 1. The number of benzene rings is 1. The van der Waals surface area contributed by atoms with Gasteiger partial charge >= 0.3 is 0 Å². The van der Waals surface area contributed by atoms with E-state index in [9.17, 15) is 8.78 Å². The second kappa shape index (κ2) is 6.87. The topological polar surface area (TPSA) is 60.4 Å². The molecular formula is C23H22F2N6. The zero-order chi connectivity index (χ0) is 21.1. The monoisotopic (exact) mass is 420 g/mol. The van der Waals surface area contributed by atoms with E-state index in [0.29, 0.717) is 24.3 Å². The molecule has 8 heteroatoms. The Hall–Kier alpha value is -3.29. The van der Waals surface area contributed by atoms with Crippen molar-refractivity contribution in [3.05, 3.63) is 52.9 Å². The van der Waals surface area contributed by atoms with Crippen molar-refractivity contribution in [3.63, 3.8) is 0 Å². The number of amidine groups is 1. The van der Waals surface area contributed by atoms with E-state index in [2.05, 4.69) is 21.2 Å². The van der Waals surface area contributed by atoms with Crippen molar-refractivity contribution in [2.75, 3.05) is 29.4 Å². The van der Waals surface area contributed by atoms with Crippen LogP contribution >= 0.6 is 0 Å². The Morgan fingerprint density at radius 3 is 2.58 bits per heavy atom. The summed E-state index contributed by atoms with van der Waals surface area (Å²) < 4.78 is 29.6. The largest absolute Gasteiger partial charge is 0.357 e. The maximum absolute atomic E-state index is 14.8. The number of piperidine rings is 1. The molecule has 1 fully saturated rings. The number of hydrogen-bond acceptors (Lipinski definition) is 5. The average molecular weight is 420 g/mol. The molecule has 1 N–H and O–H groups in total. The Bertz CT molecular complexity index is 1200. The molecule has 5 heterocycles. The number of aryl methyl sites for hydroxylation is 1. The molecule has 0 radical (unpaired) electrons. The minimum absolute atomic E-state index is 0.116. The Morgan fingerprint density at radius 2 is 1.81 bits per heavy atom. The van der Waals surface area contributed by atoms with Gasteiger partial charge in [0, 0.05) is 31.6 Å². The number of aromatic nitrogens is 3. The second-order valence-electron chi connectivity index (χ2n) is 8.35. The van der Waals surface area contributed by atoms with E-state index in [4.69, 9.17) is 9.98 Å². The van der Waals surface area contributed by atoms with E-state index in [1.807, 2.05) is 11.8 Å². The first-order valence-corrected chi connectivity index (χ1v) is 10.8. The van der Waals surface area contributed by atoms with Crippen LogP contribution < -0.4 is 9.80 Å². The smallest absolute Gasteiger partial charge is 0.147 e. The van der Waals surface area contributed by atoms with Gasteiger partial charge in [0.2, 0.25) is 0 Å². The van der Waals surface area contributed by atoms with Crippen molar-refractivity contribution < 1.29 is 8.78 Å². The van der Waals surface area contributed by atoms with Crippen LogP contribution in [0.1, 0.15) is 36.2 Å². The highest BCUT2D eigenvalue weighted by molar-refractivity contribution is 6.16. The number of halogens is 2. The fraction of sp³-hybridized carbons (Fsp3) is 0.348. The number of aliphatic imine (C=N–C) groups is 1. The van der Waals surface area contributed by atoms with Crippen LogP contribution in [0.5, 0.6) is 0 Å². The lowest BCUT2D eigenvalue weighted by Gasteiger charge is -2.29. The highest BCUT2D eigenvalue weighted by Crippen LogP contribution is 2.46. The summed E-state index contributed by atoms with van der Waals surface area (Å²) in [6.07, 6.45) is 4.26. The predicted octanol–water partition coefficient (Wildman–Crippen LogP) is 4.50. The van der Waals surface area contributed by atoms with E-state index in [1.165, 1.54) is 24.6 Å². The molecule has 0 saturated carbocycles. The SMILES string of the molecule is Cc1[nH]nc2c1N=C(c1c(F)cccc1F)N1CCc3nc(N4CCCCC4)cc-2c31. The molecule has 0 spiro atoms. The van der Waals surface area contributed by atoms with Gasteiger partial charge < -0.3 is 9.80 Å². The van der Waals surface area contributed by atoms with Crippen LogP contribution in [0.15, 0.2) is 29.3 Å². The maximum Gasteiger partial charge on any atom is 0.147 e. The van der Waals surface area contributed by atoms with Crippen LogP contribution in [0.25, 0.3) is 11.3 Å². The quantitative estimate of drug-likeness (QED) is 0.663. The average Bonchev–Trinajstić information content (AvgIpc) is 3.32. The van der Waals surface area contributed by atoms with Gasteiger partial charge in [0.1, 0.15) is 34.7 Å².